The van der Waals surface area contributed by atoms with Crippen LogP contribution in [0.5, 0.6) is 0 Å². The second-order valence-corrected chi connectivity index (χ2v) is 5.64. The number of rotatable bonds is 5. The molecule has 7 heteroatoms. The van der Waals surface area contributed by atoms with Gasteiger partial charge in [-0.05, 0) is 38.1 Å². The summed E-state index contributed by atoms with van der Waals surface area (Å²) in [6.45, 7) is 1.52. The lowest BCUT2D eigenvalue weighted by Crippen LogP contribution is -2.47. The van der Waals surface area contributed by atoms with Crippen molar-refractivity contribution in [3.63, 3.8) is 0 Å². The molecule has 0 spiro atoms. The van der Waals surface area contributed by atoms with Crippen LogP contribution in [0.3, 0.4) is 0 Å². The summed E-state index contributed by atoms with van der Waals surface area (Å²) in [5.74, 6) is -1.04. The van der Waals surface area contributed by atoms with E-state index in [4.69, 9.17) is 5.11 Å². The van der Waals surface area contributed by atoms with E-state index in [1.807, 2.05) is 4.90 Å². The van der Waals surface area contributed by atoms with E-state index >= 15 is 0 Å². The maximum Gasteiger partial charge on any atom is 0.321 e. The predicted molar refractivity (Wildman–Crippen MR) is 71.1 cm³/mol. The molecule has 1 saturated carbocycles. The molecule has 0 bridgehead atoms. The van der Waals surface area contributed by atoms with E-state index in [2.05, 4.69) is 10.6 Å². The molecule has 0 aromatic carbocycles. The van der Waals surface area contributed by atoms with Gasteiger partial charge in [0.15, 0.2) is 0 Å². The molecule has 0 radical (unpaired) electrons. The summed E-state index contributed by atoms with van der Waals surface area (Å²) in [5, 5.41) is 13.8. The third-order valence-corrected chi connectivity index (χ3v) is 3.60. The van der Waals surface area contributed by atoms with Gasteiger partial charge in [-0.25, -0.2) is 4.79 Å². The lowest BCUT2D eigenvalue weighted by Gasteiger charge is -2.31. The number of amides is 3. The lowest BCUT2D eigenvalue weighted by atomic mass is 9.95. The minimum Gasteiger partial charge on any atom is -0.481 e. The Bertz CT molecular complexity index is 395. The first-order valence-electron chi connectivity index (χ1n) is 7.07. The standard InChI is InChI=1S/C13H21N3O4/c17-11(15-13(20)14-10-3-4-10)8-16-5-1-2-9(7-16)6-12(18)19/h9-10H,1-8H2,(H,18,19)(H2,14,15,17,20). The number of piperidine rings is 1. The number of carboxylic acid groups (broad SMARTS) is 1. The van der Waals surface area contributed by atoms with Crippen LogP contribution in [0.2, 0.25) is 0 Å². The summed E-state index contributed by atoms with van der Waals surface area (Å²) in [4.78, 5) is 35.8. The van der Waals surface area contributed by atoms with Gasteiger partial charge in [-0.2, -0.15) is 0 Å². The quantitative estimate of drug-likeness (QED) is 0.667. The Morgan fingerprint density at radius 3 is 2.60 bits per heavy atom. The molecule has 1 aliphatic carbocycles. The molecule has 1 saturated heterocycles. The molecule has 3 N–H and O–H groups in total. The Morgan fingerprint density at radius 1 is 1.20 bits per heavy atom. The maximum absolute atomic E-state index is 11.7. The number of likely N-dealkylation sites (tertiary alicyclic amines) is 1. The van der Waals surface area contributed by atoms with Crippen LogP contribution in [0.15, 0.2) is 0 Å². The average Bonchev–Trinajstić information content (AvgIpc) is 3.11. The van der Waals surface area contributed by atoms with E-state index in [9.17, 15) is 14.4 Å². The van der Waals surface area contributed by atoms with Gasteiger partial charge in [0, 0.05) is 19.0 Å². The van der Waals surface area contributed by atoms with Crippen LogP contribution in [0, 0.1) is 5.92 Å². The van der Waals surface area contributed by atoms with Crippen molar-refractivity contribution in [3.8, 4) is 0 Å². The van der Waals surface area contributed by atoms with E-state index in [-0.39, 0.29) is 30.8 Å². The first-order valence-corrected chi connectivity index (χ1v) is 7.07. The molecule has 7 nitrogen and oxygen atoms in total. The molecule has 3 amide bonds. The van der Waals surface area contributed by atoms with Crippen molar-refractivity contribution < 1.29 is 19.5 Å². The Kier molecular flexibility index (Phi) is 4.94. The van der Waals surface area contributed by atoms with Gasteiger partial charge in [0.25, 0.3) is 0 Å². The number of aliphatic carboxylic acids is 1. The number of hydrogen-bond acceptors (Lipinski definition) is 4. The molecule has 1 aliphatic heterocycles. The molecule has 112 valence electrons. The second kappa shape index (κ2) is 6.69. The molecule has 1 heterocycles. The van der Waals surface area contributed by atoms with Gasteiger partial charge in [0.1, 0.15) is 0 Å². The van der Waals surface area contributed by atoms with Crippen LogP contribution in [0.1, 0.15) is 32.1 Å². The highest BCUT2D eigenvalue weighted by Crippen LogP contribution is 2.19. The number of hydrogen-bond donors (Lipinski definition) is 3. The third kappa shape index (κ3) is 5.16. The summed E-state index contributed by atoms with van der Waals surface area (Å²) in [5.41, 5.74) is 0. The SMILES string of the molecule is O=C(O)CC1CCCN(CC(=O)NC(=O)NC2CC2)C1. The number of urea groups is 1. The van der Waals surface area contributed by atoms with Crippen LogP contribution in [-0.4, -0.2) is 53.6 Å². The van der Waals surface area contributed by atoms with E-state index in [1.54, 1.807) is 0 Å². The van der Waals surface area contributed by atoms with Crippen molar-refractivity contribution in [3.05, 3.63) is 0 Å². The molecule has 2 rings (SSSR count). The fraction of sp³-hybridized carbons (Fsp3) is 0.769. The summed E-state index contributed by atoms with van der Waals surface area (Å²) >= 11 is 0. The molecular weight excluding hydrogens is 262 g/mol. The zero-order valence-corrected chi connectivity index (χ0v) is 11.4. The first kappa shape index (κ1) is 14.8. The number of imide groups is 1. The van der Waals surface area contributed by atoms with Crippen molar-refractivity contribution in [1.82, 2.24) is 15.5 Å². The highest BCUT2D eigenvalue weighted by atomic mass is 16.4. The van der Waals surface area contributed by atoms with E-state index in [0.29, 0.717) is 6.54 Å². The molecule has 2 fully saturated rings. The van der Waals surface area contributed by atoms with Gasteiger partial charge in [-0.15, -0.1) is 0 Å². The topological polar surface area (TPSA) is 98.7 Å². The van der Waals surface area contributed by atoms with Crippen LogP contribution in [-0.2, 0) is 9.59 Å². The zero-order chi connectivity index (χ0) is 14.5. The smallest absolute Gasteiger partial charge is 0.321 e. The predicted octanol–water partition coefficient (Wildman–Crippen LogP) is 0.161. The molecule has 20 heavy (non-hydrogen) atoms. The van der Waals surface area contributed by atoms with Crippen molar-refractivity contribution in [1.29, 1.82) is 0 Å². The molecule has 2 aliphatic rings. The van der Waals surface area contributed by atoms with Crippen molar-refractivity contribution in [2.45, 2.75) is 38.1 Å². The highest BCUT2D eigenvalue weighted by Gasteiger charge is 2.26. The molecule has 0 aromatic rings. The average molecular weight is 283 g/mol. The molecule has 1 unspecified atom stereocenters. The maximum atomic E-state index is 11.7. The molecule has 1 atom stereocenters. The normalized spacial score (nSPS) is 23.1. The van der Waals surface area contributed by atoms with Gasteiger partial charge in [0.05, 0.1) is 6.54 Å². The fourth-order valence-corrected chi connectivity index (χ4v) is 2.53. The number of nitrogens with one attached hydrogen (secondary N) is 2. The van der Waals surface area contributed by atoms with Crippen LogP contribution < -0.4 is 10.6 Å². The Balaban J connectivity index is 1.69. The highest BCUT2D eigenvalue weighted by molar-refractivity contribution is 5.95. The van der Waals surface area contributed by atoms with Gasteiger partial charge in [-0.1, -0.05) is 0 Å². The lowest BCUT2D eigenvalue weighted by molar-refractivity contribution is -0.138. The van der Waals surface area contributed by atoms with Crippen LogP contribution in [0.25, 0.3) is 0 Å². The van der Waals surface area contributed by atoms with Crippen molar-refractivity contribution in [2.75, 3.05) is 19.6 Å². The Labute approximate surface area is 117 Å². The number of carboxylic acids is 1. The number of carbonyl (C=O) groups excluding carboxylic acids is 2. The Morgan fingerprint density at radius 2 is 1.95 bits per heavy atom. The number of nitrogens with zero attached hydrogens (tertiary/aromatic N) is 1. The van der Waals surface area contributed by atoms with E-state index in [1.165, 1.54) is 0 Å². The fourth-order valence-electron chi connectivity index (χ4n) is 2.53. The van der Waals surface area contributed by atoms with Crippen LogP contribution in [0.4, 0.5) is 4.79 Å². The van der Waals surface area contributed by atoms with Crippen molar-refractivity contribution in [2.24, 2.45) is 5.92 Å². The summed E-state index contributed by atoms with van der Waals surface area (Å²) in [6.07, 6.45) is 3.86. The van der Waals surface area contributed by atoms with Gasteiger partial charge in [0.2, 0.25) is 5.91 Å². The number of carbonyl (C=O) groups is 3. The second-order valence-electron chi connectivity index (χ2n) is 5.64. The van der Waals surface area contributed by atoms with E-state index in [0.717, 1.165) is 32.2 Å². The van der Waals surface area contributed by atoms with Crippen molar-refractivity contribution >= 4 is 17.9 Å². The third-order valence-electron chi connectivity index (χ3n) is 3.60. The van der Waals surface area contributed by atoms with Gasteiger partial charge < -0.3 is 10.4 Å². The molecule has 0 aromatic heterocycles. The largest absolute Gasteiger partial charge is 0.481 e. The minimum atomic E-state index is -0.801. The first-order chi connectivity index (χ1) is 9.52. The Hall–Kier alpha value is -1.63. The summed E-state index contributed by atoms with van der Waals surface area (Å²) < 4.78 is 0. The monoisotopic (exact) mass is 283 g/mol. The zero-order valence-electron chi connectivity index (χ0n) is 11.4. The van der Waals surface area contributed by atoms with Crippen LogP contribution >= 0.6 is 0 Å². The van der Waals surface area contributed by atoms with Gasteiger partial charge >= 0.3 is 12.0 Å². The van der Waals surface area contributed by atoms with Gasteiger partial charge in [-0.3, -0.25) is 19.8 Å². The minimum absolute atomic E-state index is 0.0920. The summed E-state index contributed by atoms with van der Waals surface area (Å²) in [6, 6.07) is -0.214. The molecular formula is C13H21N3O4. The van der Waals surface area contributed by atoms with E-state index < -0.39 is 12.0 Å². The summed E-state index contributed by atoms with van der Waals surface area (Å²) in [7, 11) is 0.